The van der Waals surface area contributed by atoms with E-state index in [0.29, 0.717) is 11.1 Å². The molecule has 2 aromatic rings. The molecule has 0 radical (unpaired) electrons. The SMILES string of the molecule is O=C(/C=C/c1ccccc1Br)OCCN1C(=O)c2ccccc2C1=O. The lowest BCUT2D eigenvalue weighted by Gasteiger charge is -2.13. The minimum absolute atomic E-state index is 0.0287. The minimum atomic E-state index is -0.535. The fraction of sp³-hybridized carbons (Fsp3) is 0.105. The Labute approximate surface area is 153 Å². The van der Waals surface area contributed by atoms with Gasteiger partial charge in [0.05, 0.1) is 17.7 Å². The van der Waals surface area contributed by atoms with Crippen molar-refractivity contribution in [1.29, 1.82) is 0 Å². The average Bonchev–Trinajstić information content (AvgIpc) is 2.86. The lowest BCUT2D eigenvalue weighted by atomic mass is 10.1. The highest BCUT2D eigenvalue weighted by Gasteiger charge is 2.34. The summed E-state index contributed by atoms with van der Waals surface area (Å²) in [5.41, 5.74) is 1.61. The van der Waals surface area contributed by atoms with E-state index in [-0.39, 0.29) is 25.0 Å². The molecule has 126 valence electrons. The van der Waals surface area contributed by atoms with Crippen molar-refractivity contribution >= 4 is 39.8 Å². The van der Waals surface area contributed by atoms with E-state index in [4.69, 9.17) is 4.74 Å². The number of imide groups is 1. The lowest BCUT2D eigenvalue weighted by molar-refractivity contribution is -0.137. The van der Waals surface area contributed by atoms with Crippen LogP contribution in [0.4, 0.5) is 0 Å². The van der Waals surface area contributed by atoms with Gasteiger partial charge >= 0.3 is 5.97 Å². The molecule has 3 rings (SSSR count). The summed E-state index contributed by atoms with van der Waals surface area (Å²) in [4.78, 5) is 37.2. The molecule has 0 atom stereocenters. The molecule has 0 bridgehead atoms. The van der Waals surface area contributed by atoms with Gasteiger partial charge in [-0.3, -0.25) is 14.5 Å². The molecule has 2 aromatic carbocycles. The Kier molecular flexibility index (Phi) is 5.09. The van der Waals surface area contributed by atoms with Crippen LogP contribution in [0.1, 0.15) is 26.3 Å². The molecule has 0 unspecified atom stereocenters. The molecule has 6 heteroatoms. The molecule has 0 saturated carbocycles. The Morgan fingerprint density at radius 2 is 1.60 bits per heavy atom. The Balaban J connectivity index is 1.54. The van der Waals surface area contributed by atoms with Crippen LogP contribution in [0.2, 0.25) is 0 Å². The molecule has 0 aliphatic carbocycles. The number of esters is 1. The zero-order valence-electron chi connectivity index (χ0n) is 13.1. The standard InChI is InChI=1S/C19H14BrNO4/c20-16-8-4-1-5-13(16)9-10-17(22)25-12-11-21-18(23)14-6-2-3-7-15(14)19(21)24/h1-10H,11-12H2/b10-9+. The summed E-state index contributed by atoms with van der Waals surface area (Å²) in [5, 5.41) is 0. The number of nitrogens with zero attached hydrogens (tertiary/aromatic N) is 1. The van der Waals surface area contributed by atoms with Gasteiger partial charge in [-0.2, -0.15) is 0 Å². The smallest absolute Gasteiger partial charge is 0.330 e. The number of carbonyl (C=O) groups excluding carboxylic acids is 3. The van der Waals surface area contributed by atoms with E-state index in [0.717, 1.165) is 14.9 Å². The van der Waals surface area contributed by atoms with Crippen LogP contribution in [0.15, 0.2) is 59.1 Å². The molecule has 5 nitrogen and oxygen atoms in total. The van der Waals surface area contributed by atoms with Crippen LogP contribution < -0.4 is 0 Å². The normalized spacial score (nSPS) is 13.4. The lowest BCUT2D eigenvalue weighted by Crippen LogP contribution is -2.33. The van der Waals surface area contributed by atoms with Crippen molar-refractivity contribution in [1.82, 2.24) is 4.90 Å². The summed E-state index contributed by atoms with van der Waals surface area (Å²) >= 11 is 3.39. The van der Waals surface area contributed by atoms with E-state index in [1.165, 1.54) is 6.08 Å². The van der Waals surface area contributed by atoms with Crippen LogP contribution in [0.3, 0.4) is 0 Å². The topological polar surface area (TPSA) is 63.7 Å². The Morgan fingerprint density at radius 1 is 1.00 bits per heavy atom. The van der Waals surface area contributed by atoms with E-state index in [2.05, 4.69) is 15.9 Å². The van der Waals surface area contributed by atoms with E-state index < -0.39 is 5.97 Å². The van der Waals surface area contributed by atoms with Crippen LogP contribution in [-0.4, -0.2) is 35.8 Å². The molecule has 0 saturated heterocycles. The van der Waals surface area contributed by atoms with E-state index >= 15 is 0 Å². The van der Waals surface area contributed by atoms with E-state index in [9.17, 15) is 14.4 Å². The maximum atomic E-state index is 12.2. The van der Waals surface area contributed by atoms with Gasteiger partial charge in [0.15, 0.2) is 0 Å². The summed E-state index contributed by atoms with van der Waals surface area (Å²) < 4.78 is 5.94. The van der Waals surface area contributed by atoms with Gasteiger partial charge in [-0.1, -0.05) is 46.3 Å². The Bertz CT molecular complexity index is 840. The van der Waals surface area contributed by atoms with Crippen molar-refractivity contribution < 1.29 is 19.1 Å². The molecule has 2 amide bonds. The first-order valence-electron chi connectivity index (χ1n) is 7.62. The highest BCUT2D eigenvalue weighted by molar-refractivity contribution is 9.10. The predicted octanol–water partition coefficient (Wildman–Crippen LogP) is 3.30. The molecule has 1 heterocycles. The summed E-state index contributed by atoms with van der Waals surface area (Å²) in [6.07, 6.45) is 2.94. The van der Waals surface area contributed by atoms with Gasteiger partial charge in [-0.25, -0.2) is 4.79 Å². The molecule has 0 N–H and O–H groups in total. The molecule has 1 aliphatic heterocycles. The zero-order valence-corrected chi connectivity index (χ0v) is 14.7. The zero-order chi connectivity index (χ0) is 17.8. The average molecular weight is 400 g/mol. The van der Waals surface area contributed by atoms with Gasteiger partial charge in [0.1, 0.15) is 6.61 Å². The van der Waals surface area contributed by atoms with Crippen LogP contribution in [0.25, 0.3) is 6.08 Å². The molecule has 0 aromatic heterocycles. The van der Waals surface area contributed by atoms with E-state index in [1.807, 2.05) is 24.3 Å². The minimum Gasteiger partial charge on any atom is -0.461 e. The number of hydrogen-bond donors (Lipinski definition) is 0. The van der Waals surface area contributed by atoms with Gasteiger partial charge < -0.3 is 4.74 Å². The quantitative estimate of drug-likeness (QED) is 0.439. The highest BCUT2D eigenvalue weighted by atomic mass is 79.9. The van der Waals surface area contributed by atoms with Gasteiger partial charge in [-0.15, -0.1) is 0 Å². The molecular formula is C19H14BrNO4. The second-order valence-electron chi connectivity index (χ2n) is 5.33. The van der Waals surface area contributed by atoms with Crippen LogP contribution in [-0.2, 0) is 9.53 Å². The van der Waals surface area contributed by atoms with Crippen molar-refractivity contribution in [2.24, 2.45) is 0 Å². The van der Waals surface area contributed by atoms with Gasteiger partial charge in [-0.05, 0) is 29.8 Å². The number of ether oxygens (including phenoxy) is 1. The van der Waals surface area contributed by atoms with Crippen LogP contribution in [0.5, 0.6) is 0 Å². The third-order valence-electron chi connectivity index (χ3n) is 3.74. The van der Waals surface area contributed by atoms with Gasteiger partial charge in [0.25, 0.3) is 11.8 Å². The fourth-order valence-electron chi connectivity index (χ4n) is 2.50. The molecule has 0 spiro atoms. The number of fused-ring (bicyclic) bond motifs is 1. The van der Waals surface area contributed by atoms with E-state index in [1.54, 1.807) is 30.3 Å². The summed E-state index contributed by atoms with van der Waals surface area (Å²) in [6.45, 7) is -0.0223. The number of amides is 2. The molecule has 25 heavy (non-hydrogen) atoms. The summed E-state index contributed by atoms with van der Waals surface area (Å²) in [7, 11) is 0. The number of benzene rings is 2. The Morgan fingerprint density at radius 3 is 2.24 bits per heavy atom. The monoisotopic (exact) mass is 399 g/mol. The second-order valence-corrected chi connectivity index (χ2v) is 6.18. The van der Waals surface area contributed by atoms with Crippen molar-refractivity contribution in [3.05, 3.63) is 75.8 Å². The highest BCUT2D eigenvalue weighted by Crippen LogP contribution is 2.22. The summed E-state index contributed by atoms with van der Waals surface area (Å²) in [5.74, 6) is -1.26. The number of halogens is 1. The van der Waals surface area contributed by atoms with Crippen molar-refractivity contribution in [2.45, 2.75) is 0 Å². The first-order valence-corrected chi connectivity index (χ1v) is 8.42. The molecule has 1 aliphatic rings. The van der Waals surface area contributed by atoms with Crippen molar-refractivity contribution in [2.75, 3.05) is 13.2 Å². The third kappa shape index (κ3) is 3.69. The fourth-order valence-corrected chi connectivity index (χ4v) is 2.91. The maximum absolute atomic E-state index is 12.2. The number of carbonyl (C=O) groups is 3. The van der Waals surface area contributed by atoms with Gasteiger partial charge in [0.2, 0.25) is 0 Å². The van der Waals surface area contributed by atoms with Gasteiger partial charge in [0, 0.05) is 10.5 Å². The molecular weight excluding hydrogens is 386 g/mol. The first kappa shape index (κ1) is 17.1. The first-order chi connectivity index (χ1) is 12.1. The second kappa shape index (κ2) is 7.44. The predicted molar refractivity (Wildman–Crippen MR) is 95.9 cm³/mol. The largest absolute Gasteiger partial charge is 0.461 e. The van der Waals surface area contributed by atoms with Crippen LogP contribution in [0, 0.1) is 0 Å². The Hall–Kier alpha value is -2.73. The number of hydrogen-bond acceptors (Lipinski definition) is 4. The third-order valence-corrected chi connectivity index (χ3v) is 4.46. The number of rotatable bonds is 5. The molecule has 0 fully saturated rings. The maximum Gasteiger partial charge on any atom is 0.330 e. The van der Waals surface area contributed by atoms with Crippen molar-refractivity contribution in [3.8, 4) is 0 Å². The summed E-state index contributed by atoms with van der Waals surface area (Å²) in [6, 6.07) is 14.1. The van der Waals surface area contributed by atoms with Crippen molar-refractivity contribution in [3.63, 3.8) is 0 Å². The van der Waals surface area contributed by atoms with Crippen LogP contribution >= 0.6 is 15.9 Å².